The Balaban J connectivity index is 1.44. The molecule has 0 atom stereocenters. The Kier molecular flexibility index (Phi) is 6.14. The summed E-state index contributed by atoms with van der Waals surface area (Å²) < 4.78 is 8.48. The lowest BCUT2D eigenvalue weighted by Gasteiger charge is -2.12. The largest absolute Gasteiger partial charge is 0.491 e. The predicted octanol–water partition coefficient (Wildman–Crippen LogP) is 8.21. The van der Waals surface area contributed by atoms with Gasteiger partial charge in [0.05, 0.1) is 12.1 Å². The molecule has 0 bridgehead atoms. The summed E-state index contributed by atoms with van der Waals surface area (Å²) in [4.78, 5) is 12.1. The van der Waals surface area contributed by atoms with Crippen LogP contribution in [-0.2, 0) is 6.54 Å². The number of aryl methyl sites for hydroxylation is 1. The minimum absolute atomic E-state index is 0.293. The molecular formula is C34H27NO3. The zero-order chi connectivity index (χ0) is 26.1. The van der Waals surface area contributed by atoms with Crippen molar-refractivity contribution in [2.24, 2.45) is 0 Å². The van der Waals surface area contributed by atoms with Crippen LogP contribution in [0.25, 0.3) is 43.9 Å². The van der Waals surface area contributed by atoms with Gasteiger partial charge in [0.2, 0.25) is 0 Å². The Bertz CT molecular complexity index is 1770. The summed E-state index contributed by atoms with van der Waals surface area (Å²) in [5, 5.41) is 13.2. The van der Waals surface area contributed by atoms with E-state index in [9.17, 15) is 9.90 Å². The van der Waals surface area contributed by atoms with Crippen molar-refractivity contribution in [1.29, 1.82) is 0 Å². The smallest absolute Gasteiger partial charge is 0.336 e. The fourth-order valence-electron chi connectivity index (χ4n) is 5.19. The molecule has 1 aromatic heterocycles. The van der Waals surface area contributed by atoms with Gasteiger partial charge in [0, 0.05) is 28.0 Å². The highest BCUT2D eigenvalue weighted by Gasteiger charge is 2.19. The van der Waals surface area contributed by atoms with Crippen LogP contribution < -0.4 is 4.74 Å². The highest BCUT2D eigenvalue weighted by atomic mass is 16.5. The second-order valence-electron chi connectivity index (χ2n) is 9.48. The molecule has 0 aliphatic heterocycles. The number of carbonyl (C=O) groups is 1. The summed E-state index contributed by atoms with van der Waals surface area (Å²) in [6.07, 6.45) is 2.16. The maximum Gasteiger partial charge on any atom is 0.336 e. The second-order valence-corrected chi connectivity index (χ2v) is 9.48. The van der Waals surface area contributed by atoms with Crippen LogP contribution in [0.1, 0.15) is 15.9 Å². The molecule has 0 radical (unpaired) electrons. The number of aromatic carboxylic acids is 1. The summed E-state index contributed by atoms with van der Waals surface area (Å²) in [5.41, 5.74) is 6.31. The number of hydrogen-bond acceptors (Lipinski definition) is 2. The number of ether oxygens (including phenoxy) is 1. The molecule has 0 unspecified atom stereocenters. The number of hydrogen-bond donors (Lipinski definition) is 1. The molecule has 0 aliphatic rings. The number of carboxylic acid groups (broad SMARTS) is 1. The van der Waals surface area contributed by atoms with Crippen LogP contribution in [-0.4, -0.2) is 22.2 Å². The summed E-state index contributed by atoms with van der Waals surface area (Å²) in [6.45, 7) is 3.23. The minimum Gasteiger partial charge on any atom is -0.491 e. The summed E-state index contributed by atoms with van der Waals surface area (Å²) >= 11 is 0. The molecule has 0 saturated carbocycles. The van der Waals surface area contributed by atoms with E-state index in [0.717, 1.165) is 44.1 Å². The molecule has 0 saturated heterocycles. The van der Waals surface area contributed by atoms with E-state index in [0.29, 0.717) is 24.3 Å². The van der Waals surface area contributed by atoms with Crippen LogP contribution in [0.2, 0.25) is 0 Å². The molecule has 38 heavy (non-hydrogen) atoms. The van der Waals surface area contributed by atoms with Crippen LogP contribution >= 0.6 is 0 Å². The van der Waals surface area contributed by atoms with Crippen LogP contribution in [0.5, 0.6) is 5.75 Å². The molecule has 0 fully saturated rings. The lowest BCUT2D eigenvalue weighted by molar-refractivity contribution is 0.0697. The first kappa shape index (κ1) is 23.6. The third-order valence-corrected chi connectivity index (χ3v) is 7.06. The number of benzene rings is 5. The Morgan fingerprint density at radius 1 is 0.763 bits per heavy atom. The van der Waals surface area contributed by atoms with Gasteiger partial charge in [0.15, 0.2) is 0 Å². The Hall–Kier alpha value is -4.83. The lowest BCUT2D eigenvalue weighted by atomic mass is 9.93. The minimum atomic E-state index is -0.933. The van der Waals surface area contributed by atoms with Gasteiger partial charge in [-0.1, -0.05) is 96.6 Å². The number of carboxylic acids is 1. The molecule has 186 valence electrons. The van der Waals surface area contributed by atoms with E-state index in [1.165, 1.54) is 5.56 Å². The first-order valence-electron chi connectivity index (χ1n) is 12.7. The first-order valence-corrected chi connectivity index (χ1v) is 12.7. The third kappa shape index (κ3) is 4.31. The normalized spacial score (nSPS) is 11.2. The van der Waals surface area contributed by atoms with Gasteiger partial charge in [-0.05, 0) is 47.2 Å². The van der Waals surface area contributed by atoms with E-state index in [-0.39, 0.29) is 0 Å². The molecular weight excluding hydrogens is 470 g/mol. The number of rotatable bonds is 7. The maximum atomic E-state index is 12.1. The lowest BCUT2D eigenvalue weighted by Crippen LogP contribution is -2.07. The molecule has 1 heterocycles. The predicted molar refractivity (Wildman–Crippen MR) is 154 cm³/mol. The van der Waals surface area contributed by atoms with E-state index >= 15 is 0 Å². The quantitative estimate of drug-likeness (QED) is 0.242. The molecule has 4 heteroatoms. The highest BCUT2D eigenvalue weighted by Crippen LogP contribution is 2.39. The number of aromatic nitrogens is 1. The SMILES string of the molecule is Cc1ccc(-c2cn(CCOc3cccc4ccccc34)c3cccc(-c4ccccc4C(=O)O)c23)cc1. The van der Waals surface area contributed by atoms with Crippen molar-refractivity contribution in [1.82, 2.24) is 4.57 Å². The van der Waals surface area contributed by atoms with E-state index in [1.807, 2.05) is 48.5 Å². The number of fused-ring (bicyclic) bond motifs is 2. The van der Waals surface area contributed by atoms with Crippen molar-refractivity contribution in [2.75, 3.05) is 6.61 Å². The van der Waals surface area contributed by atoms with E-state index in [2.05, 4.69) is 66.2 Å². The van der Waals surface area contributed by atoms with Crippen LogP contribution in [0.4, 0.5) is 0 Å². The topological polar surface area (TPSA) is 51.5 Å². The Morgan fingerprint density at radius 3 is 2.32 bits per heavy atom. The molecule has 6 aromatic rings. The van der Waals surface area contributed by atoms with Crippen molar-refractivity contribution >= 4 is 27.6 Å². The second kappa shape index (κ2) is 9.91. The average molecular weight is 498 g/mol. The van der Waals surface area contributed by atoms with Crippen molar-refractivity contribution in [3.05, 3.63) is 127 Å². The van der Waals surface area contributed by atoms with Crippen molar-refractivity contribution < 1.29 is 14.6 Å². The molecule has 1 N–H and O–H groups in total. The number of nitrogens with zero attached hydrogens (tertiary/aromatic N) is 1. The average Bonchev–Trinajstić information content (AvgIpc) is 3.32. The highest BCUT2D eigenvalue weighted by molar-refractivity contribution is 6.09. The van der Waals surface area contributed by atoms with Crippen molar-refractivity contribution in [3.8, 4) is 28.0 Å². The van der Waals surface area contributed by atoms with Gasteiger partial charge in [-0.15, -0.1) is 0 Å². The first-order chi connectivity index (χ1) is 18.6. The van der Waals surface area contributed by atoms with Crippen LogP contribution in [0.15, 0.2) is 115 Å². The Morgan fingerprint density at radius 2 is 1.47 bits per heavy atom. The molecule has 5 aromatic carbocycles. The molecule has 0 amide bonds. The van der Waals surface area contributed by atoms with Crippen molar-refractivity contribution in [3.63, 3.8) is 0 Å². The van der Waals surface area contributed by atoms with E-state index in [1.54, 1.807) is 12.1 Å². The molecule has 6 rings (SSSR count). The van der Waals surface area contributed by atoms with E-state index < -0.39 is 5.97 Å². The zero-order valence-corrected chi connectivity index (χ0v) is 21.1. The van der Waals surface area contributed by atoms with Gasteiger partial charge in [-0.3, -0.25) is 0 Å². The monoisotopic (exact) mass is 497 g/mol. The summed E-state index contributed by atoms with van der Waals surface area (Å²) in [5.74, 6) is -0.0631. The van der Waals surface area contributed by atoms with Gasteiger partial charge >= 0.3 is 5.97 Å². The van der Waals surface area contributed by atoms with Gasteiger partial charge in [-0.2, -0.15) is 0 Å². The third-order valence-electron chi connectivity index (χ3n) is 7.06. The summed E-state index contributed by atoms with van der Waals surface area (Å²) in [6, 6.07) is 36.1. The van der Waals surface area contributed by atoms with Gasteiger partial charge in [0.1, 0.15) is 12.4 Å². The molecule has 0 spiro atoms. The van der Waals surface area contributed by atoms with Gasteiger partial charge in [-0.25, -0.2) is 4.79 Å². The van der Waals surface area contributed by atoms with Gasteiger partial charge < -0.3 is 14.4 Å². The molecule has 4 nitrogen and oxygen atoms in total. The summed E-state index contributed by atoms with van der Waals surface area (Å²) in [7, 11) is 0. The molecule has 0 aliphatic carbocycles. The van der Waals surface area contributed by atoms with E-state index in [4.69, 9.17) is 4.74 Å². The fourth-order valence-corrected chi connectivity index (χ4v) is 5.19. The zero-order valence-electron chi connectivity index (χ0n) is 21.1. The van der Waals surface area contributed by atoms with Crippen LogP contribution in [0.3, 0.4) is 0 Å². The maximum absolute atomic E-state index is 12.1. The standard InChI is InChI=1S/C34H27NO3/c1-23-16-18-25(19-17-23)30-22-35(20-21-38-32-15-6-9-24-8-2-3-10-26(24)32)31-14-7-13-28(33(30)31)27-11-4-5-12-29(27)34(36)37/h2-19,22H,20-21H2,1H3,(H,36,37). The van der Waals surface area contributed by atoms with Crippen LogP contribution in [0, 0.1) is 6.92 Å². The van der Waals surface area contributed by atoms with Gasteiger partial charge in [0.25, 0.3) is 0 Å². The van der Waals surface area contributed by atoms with Crippen molar-refractivity contribution in [2.45, 2.75) is 13.5 Å². The fraction of sp³-hybridized carbons (Fsp3) is 0.0882. The Labute approximate surface area is 221 Å².